The van der Waals surface area contributed by atoms with E-state index in [1.165, 1.54) is 44.9 Å². The molecule has 0 aliphatic carbocycles. The van der Waals surface area contributed by atoms with E-state index in [1.54, 1.807) is 6.26 Å². The molecule has 1 aliphatic heterocycles. The molecule has 0 spiro atoms. The predicted molar refractivity (Wildman–Crippen MR) is 90.1 cm³/mol. The van der Waals surface area contributed by atoms with Crippen LogP contribution >= 0.6 is 0 Å². The SMILES string of the molecule is CCCCCCCCCC/C=C/O[C@H]1[C@H](O)[C@@H](O)CO[C@@H]1CO. The van der Waals surface area contributed by atoms with Gasteiger partial charge in [0.05, 0.1) is 19.5 Å². The largest absolute Gasteiger partial charge is 0.493 e. The van der Waals surface area contributed by atoms with Crippen molar-refractivity contribution in [1.82, 2.24) is 0 Å². The highest BCUT2D eigenvalue weighted by molar-refractivity contribution is 4.89. The first-order chi connectivity index (χ1) is 11.2. The number of rotatable bonds is 12. The van der Waals surface area contributed by atoms with Crippen LogP contribution in [0.4, 0.5) is 0 Å². The van der Waals surface area contributed by atoms with E-state index in [2.05, 4.69) is 6.92 Å². The van der Waals surface area contributed by atoms with E-state index in [-0.39, 0.29) is 13.2 Å². The van der Waals surface area contributed by atoms with Crippen molar-refractivity contribution in [2.24, 2.45) is 0 Å². The summed E-state index contributed by atoms with van der Waals surface area (Å²) in [6.45, 7) is 2.02. The summed E-state index contributed by atoms with van der Waals surface area (Å²) in [4.78, 5) is 0. The van der Waals surface area contributed by atoms with Gasteiger partial charge in [0.15, 0.2) is 6.10 Å². The highest BCUT2D eigenvalue weighted by Gasteiger charge is 2.39. The van der Waals surface area contributed by atoms with Crippen molar-refractivity contribution in [2.45, 2.75) is 89.1 Å². The minimum absolute atomic E-state index is 0.0220. The van der Waals surface area contributed by atoms with Gasteiger partial charge in [-0.3, -0.25) is 0 Å². The van der Waals surface area contributed by atoms with Crippen LogP contribution in [0.1, 0.15) is 64.7 Å². The van der Waals surface area contributed by atoms with E-state index >= 15 is 0 Å². The van der Waals surface area contributed by atoms with Crippen LogP contribution in [-0.4, -0.2) is 52.9 Å². The number of allylic oxidation sites excluding steroid dienone is 1. The zero-order valence-electron chi connectivity index (χ0n) is 14.4. The molecule has 5 nitrogen and oxygen atoms in total. The predicted octanol–water partition coefficient (Wildman–Crippen LogP) is 2.53. The fourth-order valence-corrected chi connectivity index (χ4v) is 2.79. The average Bonchev–Trinajstić information content (AvgIpc) is 2.56. The van der Waals surface area contributed by atoms with Gasteiger partial charge in [-0.2, -0.15) is 0 Å². The molecular formula is C18H34O5. The Morgan fingerprint density at radius 2 is 1.70 bits per heavy atom. The van der Waals surface area contributed by atoms with E-state index in [1.807, 2.05) is 6.08 Å². The van der Waals surface area contributed by atoms with E-state index in [0.717, 1.165) is 12.8 Å². The van der Waals surface area contributed by atoms with Gasteiger partial charge in [-0.25, -0.2) is 0 Å². The first-order valence-electron chi connectivity index (χ1n) is 9.09. The van der Waals surface area contributed by atoms with Crippen LogP contribution in [0.15, 0.2) is 12.3 Å². The van der Waals surface area contributed by atoms with Gasteiger partial charge in [0.2, 0.25) is 0 Å². The lowest BCUT2D eigenvalue weighted by Gasteiger charge is -2.36. The molecular weight excluding hydrogens is 296 g/mol. The monoisotopic (exact) mass is 330 g/mol. The second-order valence-corrected chi connectivity index (χ2v) is 6.35. The molecule has 0 aromatic heterocycles. The smallest absolute Gasteiger partial charge is 0.154 e. The molecule has 4 atom stereocenters. The lowest BCUT2D eigenvalue weighted by Crippen LogP contribution is -2.54. The number of unbranched alkanes of at least 4 members (excludes halogenated alkanes) is 8. The van der Waals surface area contributed by atoms with Crippen LogP contribution in [0.25, 0.3) is 0 Å². The Kier molecular flexibility index (Phi) is 11.3. The maximum atomic E-state index is 9.90. The second kappa shape index (κ2) is 12.8. The van der Waals surface area contributed by atoms with E-state index < -0.39 is 24.4 Å². The van der Waals surface area contributed by atoms with E-state index in [4.69, 9.17) is 9.47 Å². The summed E-state index contributed by atoms with van der Waals surface area (Å²) in [7, 11) is 0. The zero-order chi connectivity index (χ0) is 16.9. The van der Waals surface area contributed by atoms with Gasteiger partial charge in [-0.15, -0.1) is 0 Å². The lowest BCUT2D eigenvalue weighted by atomic mass is 10.0. The van der Waals surface area contributed by atoms with Crippen molar-refractivity contribution in [1.29, 1.82) is 0 Å². The van der Waals surface area contributed by atoms with Crippen molar-refractivity contribution in [3.05, 3.63) is 12.3 Å². The highest BCUT2D eigenvalue weighted by atomic mass is 16.6. The molecule has 3 N–H and O–H groups in total. The molecule has 1 rings (SSSR count). The standard InChI is InChI=1S/C18H34O5/c1-2-3-4-5-6-7-8-9-10-11-12-22-18-16(13-19)23-14-15(20)17(18)21/h11-12,15-21H,2-10,13-14H2,1H3/b12-11+/t15-,16+,17+,18+/m0/s1. The minimum atomic E-state index is -1.03. The Morgan fingerprint density at radius 3 is 2.35 bits per heavy atom. The Hall–Kier alpha value is -0.620. The van der Waals surface area contributed by atoms with Crippen molar-refractivity contribution >= 4 is 0 Å². The number of hydrogen-bond acceptors (Lipinski definition) is 5. The molecule has 1 fully saturated rings. The fourth-order valence-electron chi connectivity index (χ4n) is 2.79. The molecule has 0 unspecified atom stereocenters. The summed E-state index contributed by atoms with van der Waals surface area (Å²) in [5, 5.41) is 28.7. The van der Waals surface area contributed by atoms with Crippen molar-refractivity contribution in [2.75, 3.05) is 13.2 Å². The molecule has 5 heteroatoms. The third-order valence-corrected chi connectivity index (χ3v) is 4.31. The van der Waals surface area contributed by atoms with Crippen LogP contribution in [-0.2, 0) is 9.47 Å². The van der Waals surface area contributed by atoms with Gasteiger partial charge in [0.1, 0.15) is 18.3 Å². The number of hydrogen-bond donors (Lipinski definition) is 3. The molecule has 0 amide bonds. The zero-order valence-corrected chi connectivity index (χ0v) is 14.4. The topological polar surface area (TPSA) is 79.2 Å². The summed E-state index contributed by atoms with van der Waals surface area (Å²) in [5.74, 6) is 0. The summed E-state index contributed by atoms with van der Waals surface area (Å²) >= 11 is 0. The van der Waals surface area contributed by atoms with Crippen LogP contribution in [0.2, 0.25) is 0 Å². The third-order valence-electron chi connectivity index (χ3n) is 4.31. The molecule has 0 radical (unpaired) electrons. The fraction of sp³-hybridized carbons (Fsp3) is 0.889. The average molecular weight is 330 g/mol. The Bertz CT molecular complexity index is 306. The maximum Gasteiger partial charge on any atom is 0.154 e. The van der Waals surface area contributed by atoms with Crippen molar-refractivity contribution in [3.8, 4) is 0 Å². The second-order valence-electron chi connectivity index (χ2n) is 6.35. The van der Waals surface area contributed by atoms with Crippen LogP contribution in [0.3, 0.4) is 0 Å². The minimum Gasteiger partial charge on any atom is -0.493 e. The molecule has 1 aliphatic rings. The van der Waals surface area contributed by atoms with Crippen LogP contribution in [0, 0.1) is 0 Å². The highest BCUT2D eigenvalue weighted by Crippen LogP contribution is 2.19. The third kappa shape index (κ3) is 8.15. The van der Waals surface area contributed by atoms with Crippen LogP contribution in [0.5, 0.6) is 0 Å². The van der Waals surface area contributed by atoms with E-state index in [9.17, 15) is 15.3 Å². The summed E-state index contributed by atoms with van der Waals surface area (Å²) in [6.07, 6.45) is 11.4. The number of aliphatic hydroxyl groups is 3. The van der Waals surface area contributed by atoms with Gasteiger partial charge in [-0.1, -0.05) is 51.9 Å². The first kappa shape index (κ1) is 20.4. The normalized spacial score (nSPS) is 28.3. The van der Waals surface area contributed by atoms with Crippen molar-refractivity contribution in [3.63, 3.8) is 0 Å². The van der Waals surface area contributed by atoms with Gasteiger partial charge in [0.25, 0.3) is 0 Å². The Labute approximate surface area is 140 Å². The molecule has 0 aromatic carbocycles. The van der Waals surface area contributed by atoms with Gasteiger partial charge in [0, 0.05) is 0 Å². The number of ether oxygens (including phenoxy) is 2. The Balaban J connectivity index is 2.08. The molecule has 0 aromatic rings. The lowest BCUT2D eigenvalue weighted by molar-refractivity contribution is -0.197. The summed E-state index contributed by atoms with van der Waals surface area (Å²) < 4.78 is 10.7. The maximum absolute atomic E-state index is 9.90. The molecule has 0 saturated carbocycles. The van der Waals surface area contributed by atoms with Crippen LogP contribution < -0.4 is 0 Å². The van der Waals surface area contributed by atoms with Gasteiger partial charge < -0.3 is 24.8 Å². The Morgan fingerprint density at radius 1 is 1.04 bits per heavy atom. The summed E-state index contributed by atoms with van der Waals surface area (Å²) in [6, 6.07) is 0. The summed E-state index contributed by atoms with van der Waals surface area (Å²) in [5.41, 5.74) is 0. The number of aliphatic hydroxyl groups excluding tert-OH is 3. The molecule has 1 heterocycles. The molecule has 0 bridgehead atoms. The van der Waals surface area contributed by atoms with Gasteiger partial charge >= 0.3 is 0 Å². The quantitative estimate of drug-likeness (QED) is 0.378. The molecule has 1 saturated heterocycles. The first-order valence-corrected chi connectivity index (χ1v) is 9.09. The molecule has 136 valence electrons. The molecule has 23 heavy (non-hydrogen) atoms. The van der Waals surface area contributed by atoms with Gasteiger partial charge in [-0.05, 0) is 18.9 Å². The van der Waals surface area contributed by atoms with E-state index in [0.29, 0.717) is 0 Å². The van der Waals surface area contributed by atoms with Crippen molar-refractivity contribution < 1.29 is 24.8 Å².